The van der Waals surface area contributed by atoms with Crippen LogP contribution in [0.2, 0.25) is 0 Å². The molecular weight excluding hydrogens is 360 g/mol. The highest BCUT2D eigenvalue weighted by atomic mass is 32.2. The highest BCUT2D eigenvalue weighted by molar-refractivity contribution is 8.00. The highest BCUT2D eigenvalue weighted by Gasteiger charge is 2.40. The van der Waals surface area contributed by atoms with Crippen molar-refractivity contribution in [2.45, 2.75) is 31.1 Å². The Hall–Kier alpha value is -2.17. The Labute approximate surface area is 163 Å². The number of aromatic nitrogens is 1. The van der Waals surface area contributed by atoms with Gasteiger partial charge >= 0.3 is 0 Å². The molecule has 2 saturated heterocycles. The van der Waals surface area contributed by atoms with Crippen LogP contribution in [-0.2, 0) is 14.9 Å². The summed E-state index contributed by atoms with van der Waals surface area (Å²) >= 11 is 1.69. The lowest BCUT2D eigenvalue weighted by Gasteiger charge is -2.40. The van der Waals surface area contributed by atoms with E-state index in [4.69, 9.17) is 4.74 Å². The molecule has 1 aromatic heterocycles. The first kappa shape index (κ1) is 18.2. The van der Waals surface area contributed by atoms with Gasteiger partial charge in [-0.05, 0) is 30.2 Å². The van der Waals surface area contributed by atoms with E-state index in [1.165, 1.54) is 0 Å². The van der Waals surface area contributed by atoms with E-state index in [0.717, 1.165) is 17.9 Å². The van der Waals surface area contributed by atoms with Crippen LogP contribution in [0, 0.1) is 17.2 Å². The first-order valence-corrected chi connectivity index (χ1v) is 10.3. The van der Waals surface area contributed by atoms with Gasteiger partial charge in [-0.2, -0.15) is 5.26 Å². The summed E-state index contributed by atoms with van der Waals surface area (Å²) < 4.78 is 5.39. The Morgan fingerprint density at radius 1 is 1.44 bits per heavy atom. The molecule has 2 atom stereocenters. The summed E-state index contributed by atoms with van der Waals surface area (Å²) in [4.78, 5) is 23.9. The largest absolute Gasteiger partial charge is 0.379 e. The fourth-order valence-corrected chi connectivity index (χ4v) is 4.80. The molecule has 27 heavy (non-hydrogen) atoms. The fraction of sp³-hybridized carbons (Fsp3) is 0.500. The Morgan fingerprint density at radius 2 is 2.26 bits per heavy atom. The number of nitrogens with zero attached hydrogens (tertiary/aromatic N) is 4. The number of amides is 1. The summed E-state index contributed by atoms with van der Waals surface area (Å²) in [5.74, 6) is 1.14. The number of nitriles is 1. The molecule has 3 aliphatic rings. The van der Waals surface area contributed by atoms with Gasteiger partial charge in [-0.15, -0.1) is 11.8 Å². The van der Waals surface area contributed by atoms with Crippen molar-refractivity contribution in [3.05, 3.63) is 35.2 Å². The topological polar surface area (TPSA) is 78.6 Å². The molecule has 7 heteroatoms. The van der Waals surface area contributed by atoms with Gasteiger partial charge < -0.3 is 9.64 Å². The van der Waals surface area contributed by atoms with Crippen LogP contribution in [0.5, 0.6) is 0 Å². The molecule has 2 fully saturated rings. The summed E-state index contributed by atoms with van der Waals surface area (Å²) in [5.41, 5.74) is 2.19. The zero-order chi connectivity index (χ0) is 19.0. The third-order valence-corrected chi connectivity index (χ3v) is 7.01. The number of aliphatic imine (C=N–C) groups is 1. The predicted molar refractivity (Wildman–Crippen MR) is 105 cm³/mol. The van der Waals surface area contributed by atoms with E-state index in [2.05, 4.69) is 29.9 Å². The second kappa shape index (κ2) is 7.10. The number of hydrogen-bond donors (Lipinski definition) is 0. The molecule has 0 spiro atoms. The number of hydrogen-bond acceptors (Lipinski definition) is 6. The number of pyridine rings is 1. The van der Waals surface area contributed by atoms with Crippen molar-refractivity contribution in [3.8, 4) is 6.07 Å². The number of rotatable bonds is 3. The normalized spacial score (nSPS) is 26.9. The summed E-state index contributed by atoms with van der Waals surface area (Å²) in [5, 5.41) is 9.56. The molecule has 1 amide bonds. The van der Waals surface area contributed by atoms with Crippen molar-refractivity contribution in [2.24, 2.45) is 10.9 Å². The summed E-state index contributed by atoms with van der Waals surface area (Å²) in [6, 6.07) is 5.97. The van der Waals surface area contributed by atoms with Gasteiger partial charge in [0.1, 0.15) is 17.0 Å². The summed E-state index contributed by atoms with van der Waals surface area (Å²) in [6.45, 7) is 6.27. The van der Waals surface area contributed by atoms with E-state index in [9.17, 15) is 10.1 Å². The van der Waals surface area contributed by atoms with Crippen molar-refractivity contribution in [1.29, 1.82) is 5.26 Å². The van der Waals surface area contributed by atoms with Crippen LogP contribution < -0.4 is 0 Å². The van der Waals surface area contributed by atoms with Crippen LogP contribution in [0.3, 0.4) is 0 Å². The summed E-state index contributed by atoms with van der Waals surface area (Å²) in [6.07, 6.45) is 4.48. The van der Waals surface area contributed by atoms with Crippen LogP contribution in [0.15, 0.2) is 28.9 Å². The Kier molecular flexibility index (Phi) is 4.79. The molecule has 140 valence electrons. The van der Waals surface area contributed by atoms with E-state index < -0.39 is 0 Å². The first-order valence-electron chi connectivity index (χ1n) is 9.24. The lowest BCUT2D eigenvalue weighted by Crippen LogP contribution is -2.46. The number of carbonyl (C=O) groups is 1. The number of carbonyl (C=O) groups excluding carboxylic acids is 1. The fourth-order valence-electron chi connectivity index (χ4n) is 3.66. The molecular formula is C20H22N4O2S. The van der Waals surface area contributed by atoms with E-state index in [1.807, 2.05) is 12.1 Å². The van der Waals surface area contributed by atoms with Crippen LogP contribution >= 0.6 is 11.8 Å². The van der Waals surface area contributed by atoms with Crippen molar-refractivity contribution < 1.29 is 9.53 Å². The average Bonchev–Trinajstić information content (AvgIpc) is 2.78. The average molecular weight is 382 g/mol. The van der Waals surface area contributed by atoms with Crippen LogP contribution in [-0.4, -0.2) is 52.9 Å². The van der Waals surface area contributed by atoms with E-state index in [1.54, 1.807) is 29.1 Å². The molecule has 0 bridgehead atoms. The van der Waals surface area contributed by atoms with Gasteiger partial charge in [0, 0.05) is 24.5 Å². The highest BCUT2D eigenvalue weighted by Crippen LogP contribution is 2.36. The van der Waals surface area contributed by atoms with Crippen LogP contribution in [0.25, 0.3) is 5.70 Å². The predicted octanol–water partition coefficient (Wildman–Crippen LogP) is 2.62. The van der Waals surface area contributed by atoms with Gasteiger partial charge in [0.25, 0.3) is 5.91 Å². The van der Waals surface area contributed by atoms with Gasteiger partial charge in [-0.25, -0.2) is 0 Å². The van der Waals surface area contributed by atoms with Gasteiger partial charge in [0.15, 0.2) is 0 Å². The third kappa shape index (κ3) is 3.07. The van der Waals surface area contributed by atoms with E-state index >= 15 is 0 Å². The maximum absolute atomic E-state index is 13.0. The minimum absolute atomic E-state index is 0.0130. The van der Waals surface area contributed by atoms with Crippen molar-refractivity contribution in [2.75, 3.05) is 25.5 Å². The zero-order valence-corrected chi connectivity index (χ0v) is 16.3. The molecule has 0 saturated carbocycles. The molecule has 2 unspecified atom stereocenters. The van der Waals surface area contributed by atoms with Crippen molar-refractivity contribution in [1.82, 2.24) is 9.88 Å². The van der Waals surface area contributed by atoms with Gasteiger partial charge in [-0.3, -0.25) is 14.8 Å². The molecule has 4 heterocycles. The van der Waals surface area contributed by atoms with Crippen molar-refractivity contribution in [3.63, 3.8) is 0 Å². The Balaban J connectivity index is 1.70. The maximum atomic E-state index is 13.0. The number of thioether (sulfide) groups is 1. The summed E-state index contributed by atoms with van der Waals surface area (Å²) in [7, 11) is 0. The number of fused-ring (bicyclic) bond motifs is 1. The molecule has 0 aromatic carbocycles. The minimum atomic E-state index is -0.240. The Morgan fingerprint density at radius 3 is 2.85 bits per heavy atom. The van der Waals surface area contributed by atoms with Crippen molar-refractivity contribution >= 4 is 29.6 Å². The molecule has 4 rings (SSSR count). The van der Waals surface area contributed by atoms with E-state index in [-0.39, 0.29) is 22.3 Å². The van der Waals surface area contributed by atoms with Gasteiger partial charge in [0.2, 0.25) is 0 Å². The molecule has 0 aliphatic carbocycles. The lowest BCUT2D eigenvalue weighted by atomic mass is 9.79. The second-order valence-corrected chi connectivity index (χ2v) is 8.61. The van der Waals surface area contributed by atoms with Crippen LogP contribution in [0.4, 0.5) is 0 Å². The maximum Gasteiger partial charge on any atom is 0.267 e. The second-order valence-electron chi connectivity index (χ2n) is 7.46. The smallest absolute Gasteiger partial charge is 0.267 e. The molecule has 6 nitrogen and oxygen atoms in total. The minimum Gasteiger partial charge on any atom is -0.379 e. The first-order chi connectivity index (χ1) is 13.1. The van der Waals surface area contributed by atoms with Gasteiger partial charge in [0.05, 0.1) is 30.0 Å². The van der Waals surface area contributed by atoms with Crippen LogP contribution in [0.1, 0.15) is 31.5 Å². The molecule has 3 aliphatic heterocycles. The number of ether oxygens (including phenoxy) is 1. The molecule has 0 N–H and O–H groups in total. The molecule has 0 radical (unpaired) electrons. The SMILES string of the molecule is CCC1(c2ccc(C3=C(C#N)C(=O)N4CC(C)CSC4C=N3)cn2)COC1. The lowest BCUT2D eigenvalue weighted by molar-refractivity contribution is -0.127. The monoisotopic (exact) mass is 382 g/mol. The molecule has 1 aromatic rings. The quantitative estimate of drug-likeness (QED) is 0.803. The van der Waals surface area contributed by atoms with Gasteiger partial charge in [-0.1, -0.05) is 13.8 Å². The van der Waals surface area contributed by atoms with E-state index in [0.29, 0.717) is 36.9 Å². The standard InChI is InChI=1S/C20H22N4O2S/c1-3-20(11-26-12-20)16-5-4-14(7-22-16)18-15(6-21)19(25)24-9-13(2)10-27-17(24)8-23-18/h4-5,7-8,13,17H,3,9-12H2,1-2H3. The third-order valence-electron chi connectivity index (χ3n) is 5.54. The Bertz CT molecular complexity index is 846. The zero-order valence-electron chi connectivity index (χ0n) is 15.5.